The highest BCUT2D eigenvalue weighted by Crippen LogP contribution is 2.66. The number of allylic oxidation sites excluding steroid dienone is 6. The molecule has 3 aliphatic rings. The summed E-state index contributed by atoms with van der Waals surface area (Å²) in [4.78, 5) is 23.2. The number of hydrogen-bond acceptors (Lipinski definition) is 9. The number of carboxylic acids is 1. The van der Waals surface area contributed by atoms with Gasteiger partial charge in [-0.3, -0.25) is 0 Å². The number of carboxylic acid groups (broad SMARTS) is 1. The normalized spacial score (nSPS) is 39.5. The highest BCUT2D eigenvalue weighted by molar-refractivity contribution is 5.83. The largest absolute Gasteiger partial charge is 0.547 e. The highest BCUT2D eigenvalue weighted by Gasteiger charge is 2.73. The van der Waals surface area contributed by atoms with E-state index < -0.39 is 42.6 Å². The molecule has 0 amide bonds. The van der Waals surface area contributed by atoms with Crippen molar-refractivity contribution in [1.82, 2.24) is 0 Å². The molecule has 1 saturated carbocycles. The Labute approximate surface area is 205 Å². The van der Waals surface area contributed by atoms with Crippen molar-refractivity contribution in [3.05, 3.63) is 47.6 Å². The number of carbonyl (C=O) groups excluding carboxylic acids is 2. The lowest BCUT2D eigenvalue weighted by molar-refractivity contribution is -0.345. The molecule has 0 radical (unpaired) electrons. The number of aliphatic hydroxyl groups is 3. The number of hydrogen-bond donors (Lipinski definition) is 3. The van der Waals surface area contributed by atoms with E-state index in [4.69, 9.17) is 14.2 Å². The maximum absolute atomic E-state index is 12.2. The molecule has 2 unspecified atom stereocenters. The Morgan fingerprint density at radius 1 is 1.00 bits per heavy atom. The first-order chi connectivity index (χ1) is 16.2. The quantitative estimate of drug-likeness (QED) is 0.204. The zero-order chi connectivity index (χ0) is 26.2. The van der Waals surface area contributed by atoms with Gasteiger partial charge in [-0.15, -0.1) is 0 Å². The zero-order valence-electron chi connectivity index (χ0n) is 20.8. The standard InChI is InChI=1S/C26H36O9/c1-15(10-13-26-24(3,4)11-7-12-25(26,5)35-26)8-6-9-16(2)14-17(27)33-23-20(30)18(28)19(29)21(34-23)22(31)32/h6,8-10,13-14,18-21,23,28-30H,7,11-12H2,1-5H3,(H,31,32)/p-1/b9-6+,13-10+,15-8+,16-14+/t18-,19-,20+,21-,23+,25?,26?/m0/s1. The van der Waals surface area contributed by atoms with Crippen molar-refractivity contribution in [1.29, 1.82) is 0 Å². The van der Waals surface area contributed by atoms with Crippen LogP contribution in [0, 0.1) is 5.41 Å². The van der Waals surface area contributed by atoms with Gasteiger partial charge in [0.05, 0.1) is 11.6 Å². The predicted molar refractivity (Wildman–Crippen MR) is 123 cm³/mol. The Hall–Kier alpha value is -2.30. The minimum Gasteiger partial charge on any atom is -0.547 e. The molecule has 9 nitrogen and oxygen atoms in total. The Bertz CT molecular complexity index is 962. The summed E-state index contributed by atoms with van der Waals surface area (Å²) < 4.78 is 16.0. The Balaban J connectivity index is 1.58. The van der Waals surface area contributed by atoms with Crippen LogP contribution in [0.4, 0.5) is 0 Å². The van der Waals surface area contributed by atoms with Crippen LogP contribution >= 0.6 is 0 Å². The van der Waals surface area contributed by atoms with Crippen molar-refractivity contribution in [3.8, 4) is 0 Å². The lowest BCUT2D eigenvalue weighted by atomic mass is 9.64. The SMILES string of the molecule is CC(/C=C/C12OC1(C)CCCC2(C)C)=C\C=C\C(C)=C\C(=O)O[C@@H]1O[C@H](C(=O)[O-])[C@@H](O)[C@H](O)[C@H]1O. The van der Waals surface area contributed by atoms with E-state index in [1.165, 1.54) is 0 Å². The van der Waals surface area contributed by atoms with Gasteiger partial charge in [-0.2, -0.15) is 0 Å². The monoisotopic (exact) mass is 491 g/mol. The molecule has 3 rings (SSSR count). The number of aliphatic hydroxyl groups excluding tert-OH is 3. The molecule has 0 aromatic carbocycles. The molecule has 0 aromatic heterocycles. The first-order valence-electron chi connectivity index (χ1n) is 11.8. The lowest BCUT2D eigenvalue weighted by Gasteiger charge is -2.39. The molecule has 0 spiro atoms. The Kier molecular flexibility index (Phi) is 7.79. The maximum Gasteiger partial charge on any atom is 0.333 e. The van der Waals surface area contributed by atoms with Gasteiger partial charge in [0.2, 0.25) is 6.29 Å². The van der Waals surface area contributed by atoms with E-state index >= 15 is 0 Å². The van der Waals surface area contributed by atoms with E-state index in [0.29, 0.717) is 5.57 Å². The lowest BCUT2D eigenvalue weighted by Crippen LogP contribution is -2.62. The van der Waals surface area contributed by atoms with Crippen molar-refractivity contribution in [3.63, 3.8) is 0 Å². The molecule has 9 heteroatoms. The highest BCUT2D eigenvalue weighted by atomic mass is 16.7. The van der Waals surface area contributed by atoms with Gasteiger partial charge in [0.15, 0.2) is 0 Å². The van der Waals surface area contributed by atoms with Crippen LogP contribution in [0.2, 0.25) is 0 Å². The van der Waals surface area contributed by atoms with Crippen LogP contribution < -0.4 is 5.11 Å². The molecule has 1 aliphatic carbocycles. The third kappa shape index (κ3) is 5.44. The molecule has 0 bridgehead atoms. The van der Waals surface area contributed by atoms with Crippen molar-refractivity contribution in [2.45, 2.75) is 95.8 Å². The predicted octanol–water partition coefficient (Wildman–Crippen LogP) is 0.830. The second-order valence-corrected chi connectivity index (χ2v) is 10.5. The maximum atomic E-state index is 12.2. The molecule has 7 atom stereocenters. The van der Waals surface area contributed by atoms with Crippen LogP contribution in [0.5, 0.6) is 0 Å². The van der Waals surface area contributed by atoms with Gasteiger partial charge in [-0.25, -0.2) is 4.79 Å². The molecule has 194 valence electrons. The second-order valence-electron chi connectivity index (χ2n) is 10.5. The van der Waals surface area contributed by atoms with Gasteiger partial charge in [0.1, 0.15) is 30.0 Å². The van der Waals surface area contributed by atoms with Crippen LogP contribution in [0.25, 0.3) is 0 Å². The minimum atomic E-state index is -1.95. The van der Waals surface area contributed by atoms with E-state index in [1.807, 2.05) is 19.1 Å². The first-order valence-corrected chi connectivity index (χ1v) is 11.8. The first kappa shape index (κ1) is 27.3. The molecular formula is C26H35O9-. The second kappa shape index (κ2) is 9.99. The molecule has 35 heavy (non-hydrogen) atoms. The summed E-state index contributed by atoms with van der Waals surface area (Å²) >= 11 is 0. The molecule has 3 N–H and O–H groups in total. The summed E-state index contributed by atoms with van der Waals surface area (Å²) in [5.74, 6) is -2.72. The summed E-state index contributed by atoms with van der Waals surface area (Å²) in [6.07, 6.45) is 4.67. The number of carbonyl (C=O) groups is 2. The van der Waals surface area contributed by atoms with Crippen LogP contribution in [0.1, 0.15) is 53.9 Å². The summed E-state index contributed by atoms with van der Waals surface area (Å²) in [6.45, 7) is 10.3. The summed E-state index contributed by atoms with van der Waals surface area (Å²) in [5, 5.41) is 40.4. The van der Waals surface area contributed by atoms with Gasteiger partial charge in [-0.05, 0) is 51.7 Å². The Morgan fingerprint density at radius 3 is 2.31 bits per heavy atom. The molecule has 2 saturated heterocycles. The van der Waals surface area contributed by atoms with Crippen LogP contribution in [0.3, 0.4) is 0 Å². The summed E-state index contributed by atoms with van der Waals surface area (Å²) in [5.41, 5.74) is 1.24. The summed E-state index contributed by atoms with van der Waals surface area (Å²) in [6, 6.07) is 0. The average Bonchev–Trinajstić information content (AvgIpc) is 3.39. The molecule has 2 aliphatic heterocycles. The van der Waals surface area contributed by atoms with E-state index in [1.54, 1.807) is 19.1 Å². The molecule has 3 fully saturated rings. The van der Waals surface area contributed by atoms with E-state index in [-0.39, 0.29) is 16.6 Å². The number of esters is 1. The topological polar surface area (TPSA) is 149 Å². The van der Waals surface area contributed by atoms with Gasteiger partial charge >= 0.3 is 5.97 Å². The summed E-state index contributed by atoms with van der Waals surface area (Å²) in [7, 11) is 0. The Morgan fingerprint density at radius 2 is 1.69 bits per heavy atom. The smallest absolute Gasteiger partial charge is 0.333 e. The minimum absolute atomic E-state index is 0.0665. The van der Waals surface area contributed by atoms with Gasteiger partial charge in [0, 0.05) is 11.5 Å². The molecule has 2 heterocycles. The fourth-order valence-electron chi connectivity index (χ4n) is 5.09. The number of rotatable bonds is 7. The van der Waals surface area contributed by atoms with Gasteiger partial charge in [-0.1, -0.05) is 43.7 Å². The fraction of sp³-hybridized carbons (Fsp3) is 0.615. The molecular weight excluding hydrogens is 456 g/mol. The van der Waals surface area contributed by atoms with Crippen LogP contribution in [0.15, 0.2) is 47.6 Å². The third-order valence-electron chi connectivity index (χ3n) is 7.27. The number of ether oxygens (including phenoxy) is 3. The van der Waals surface area contributed by atoms with Gasteiger partial charge < -0.3 is 39.4 Å². The molecule has 0 aromatic rings. The van der Waals surface area contributed by atoms with Crippen LogP contribution in [-0.2, 0) is 23.8 Å². The average molecular weight is 492 g/mol. The van der Waals surface area contributed by atoms with Crippen molar-refractivity contribution < 1.29 is 44.2 Å². The number of aliphatic carboxylic acids is 1. The van der Waals surface area contributed by atoms with E-state index in [9.17, 15) is 30.0 Å². The third-order valence-corrected chi connectivity index (χ3v) is 7.27. The van der Waals surface area contributed by atoms with E-state index in [2.05, 4.69) is 26.8 Å². The van der Waals surface area contributed by atoms with Gasteiger partial charge in [0.25, 0.3) is 0 Å². The van der Waals surface area contributed by atoms with Crippen molar-refractivity contribution in [2.24, 2.45) is 5.41 Å². The van der Waals surface area contributed by atoms with Crippen molar-refractivity contribution >= 4 is 11.9 Å². The van der Waals surface area contributed by atoms with E-state index in [0.717, 1.165) is 30.9 Å². The fourth-order valence-corrected chi connectivity index (χ4v) is 5.09. The van der Waals surface area contributed by atoms with Crippen LogP contribution in [-0.4, -0.2) is 69.2 Å². The van der Waals surface area contributed by atoms with Crippen molar-refractivity contribution in [2.75, 3.05) is 0 Å². The number of epoxide rings is 1. The number of fused-ring (bicyclic) bond motifs is 1. The zero-order valence-corrected chi connectivity index (χ0v) is 20.8.